The van der Waals surface area contributed by atoms with E-state index in [0.29, 0.717) is 0 Å². The van der Waals surface area contributed by atoms with Crippen molar-refractivity contribution in [1.82, 2.24) is 4.90 Å². The molecule has 0 unspecified atom stereocenters. The predicted octanol–water partition coefficient (Wildman–Crippen LogP) is 2.37. The molecule has 1 aliphatic rings. The molecule has 2 heteroatoms. The van der Waals surface area contributed by atoms with Gasteiger partial charge in [0.25, 0.3) is 0 Å². The zero-order valence-corrected chi connectivity index (χ0v) is 10.3. The number of carbonyl (C=O) groups excluding carboxylic acids is 1. The summed E-state index contributed by atoms with van der Waals surface area (Å²) < 4.78 is 0. The Morgan fingerprint density at radius 2 is 2.25 bits per heavy atom. The van der Waals surface area contributed by atoms with E-state index >= 15 is 0 Å². The van der Waals surface area contributed by atoms with Crippen molar-refractivity contribution >= 4 is 5.91 Å². The molecule has 1 fully saturated rings. The molecular weight excluding hydrogens is 198 g/mol. The van der Waals surface area contributed by atoms with E-state index in [1.54, 1.807) is 12.2 Å². The van der Waals surface area contributed by atoms with Gasteiger partial charge >= 0.3 is 0 Å². The van der Waals surface area contributed by atoms with Crippen molar-refractivity contribution in [3.05, 3.63) is 17.9 Å². The lowest BCUT2D eigenvalue weighted by atomic mass is 9.91. The highest BCUT2D eigenvalue weighted by atomic mass is 16.2. The number of carbonyl (C=O) groups is 1. The van der Waals surface area contributed by atoms with E-state index in [1.807, 2.05) is 25.7 Å². The Bertz CT molecular complexity index is 367. The Hall–Kier alpha value is -1.45. The van der Waals surface area contributed by atoms with Crippen molar-refractivity contribution in [1.29, 1.82) is 0 Å². The first-order valence-electron chi connectivity index (χ1n) is 5.68. The van der Waals surface area contributed by atoms with Crippen LogP contribution in [0, 0.1) is 17.8 Å². The minimum atomic E-state index is -0.522. The third kappa shape index (κ3) is 2.56. The normalized spacial score (nSPS) is 19.9. The summed E-state index contributed by atoms with van der Waals surface area (Å²) in [5.41, 5.74) is 2.45. The average Bonchev–Trinajstić information content (AvgIpc) is 2.73. The Morgan fingerprint density at radius 1 is 1.56 bits per heavy atom. The van der Waals surface area contributed by atoms with Crippen LogP contribution in [0.5, 0.6) is 0 Å². The number of amides is 1. The molecule has 0 aromatic carbocycles. The molecule has 1 amide bonds. The van der Waals surface area contributed by atoms with Crippen LogP contribution in [-0.2, 0) is 4.79 Å². The van der Waals surface area contributed by atoms with Crippen molar-refractivity contribution in [3.8, 4) is 12.3 Å². The van der Waals surface area contributed by atoms with Crippen LogP contribution < -0.4 is 0 Å². The van der Waals surface area contributed by atoms with E-state index in [0.717, 1.165) is 19.4 Å². The SMILES string of the molecule is C#C[C@@H]1CCCN1C(=O)C(C)(C)C=C=CC. The number of nitrogens with zero attached hydrogens (tertiary/aromatic N) is 1. The summed E-state index contributed by atoms with van der Waals surface area (Å²) in [6, 6.07) is -0.0224. The molecule has 1 saturated heterocycles. The minimum Gasteiger partial charge on any atom is -0.328 e. The minimum absolute atomic E-state index is 0.0224. The molecule has 1 rings (SSSR count). The molecule has 0 aromatic heterocycles. The standard InChI is InChI=1S/C14H19NO/c1-5-7-10-14(3,4)13(16)15-11-8-9-12(15)6-2/h2,5,10,12H,8-9,11H2,1,3-4H3/t7?,12-/m1/s1. The van der Waals surface area contributed by atoms with E-state index in [-0.39, 0.29) is 11.9 Å². The van der Waals surface area contributed by atoms with Gasteiger partial charge < -0.3 is 4.90 Å². The lowest BCUT2D eigenvalue weighted by Crippen LogP contribution is -2.42. The van der Waals surface area contributed by atoms with Crippen LogP contribution in [0.2, 0.25) is 0 Å². The van der Waals surface area contributed by atoms with Crippen LogP contribution in [0.25, 0.3) is 0 Å². The van der Waals surface area contributed by atoms with Crippen LogP contribution in [0.15, 0.2) is 17.9 Å². The molecule has 86 valence electrons. The van der Waals surface area contributed by atoms with Gasteiger partial charge in [0, 0.05) is 6.54 Å². The van der Waals surface area contributed by atoms with Crippen molar-refractivity contribution in [3.63, 3.8) is 0 Å². The second kappa shape index (κ2) is 5.05. The predicted molar refractivity (Wildman–Crippen MR) is 65.7 cm³/mol. The maximum absolute atomic E-state index is 12.3. The molecule has 1 atom stereocenters. The largest absolute Gasteiger partial charge is 0.328 e. The summed E-state index contributed by atoms with van der Waals surface area (Å²) in [6.07, 6.45) is 11.0. The molecule has 0 N–H and O–H groups in total. The van der Waals surface area contributed by atoms with Gasteiger partial charge in [0.05, 0.1) is 11.5 Å². The number of hydrogen-bond donors (Lipinski definition) is 0. The lowest BCUT2D eigenvalue weighted by molar-refractivity contribution is -0.137. The van der Waals surface area contributed by atoms with Gasteiger partial charge in [-0.05, 0) is 45.8 Å². The smallest absolute Gasteiger partial charge is 0.233 e. The highest BCUT2D eigenvalue weighted by Crippen LogP contribution is 2.26. The van der Waals surface area contributed by atoms with Gasteiger partial charge in [-0.1, -0.05) is 5.92 Å². The molecule has 0 saturated carbocycles. The van der Waals surface area contributed by atoms with E-state index < -0.39 is 5.41 Å². The molecule has 2 nitrogen and oxygen atoms in total. The zero-order chi connectivity index (χ0) is 12.2. The summed E-state index contributed by atoms with van der Waals surface area (Å²) in [5, 5.41) is 0. The van der Waals surface area contributed by atoms with Crippen LogP contribution in [0.4, 0.5) is 0 Å². The second-order valence-electron chi connectivity index (χ2n) is 4.64. The van der Waals surface area contributed by atoms with Crippen LogP contribution in [-0.4, -0.2) is 23.4 Å². The van der Waals surface area contributed by atoms with Crippen molar-refractivity contribution in [2.75, 3.05) is 6.54 Å². The van der Waals surface area contributed by atoms with Crippen LogP contribution in [0.3, 0.4) is 0 Å². The van der Waals surface area contributed by atoms with E-state index in [4.69, 9.17) is 6.42 Å². The molecule has 1 heterocycles. The highest BCUT2D eigenvalue weighted by Gasteiger charge is 2.35. The van der Waals surface area contributed by atoms with Gasteiger partial charge in [-0.3, -0.25) is 4.79 Å². The maximum Gasteiger partial charge on any atom is 0.233 e. The van der Waals surface area contributed by atoms with Gasteiger partial charge in [0.15, 0.2) is 0 Å². The molecule has 16 heavy (non-hydrogen) atoms. The van der Waals surface area contributed by atoms with E-state index in [1.165, 1.54) is 0 Å². The van der Waals surface area contributed by atoms with Gasteiger partial charge in [0.1, 0.15) is 0 Å². The highest BCUT2D eigenvalue weighted by molar-refractivity contribution is 5.84. The first-order chi connectivity index (χ1) is 7.53. The van der Waals surface area contributed by atoms with Gasteiger partial charge in [-0.15, -0.1) is 12.2 Å². The molecule has 1 aliphatic heterocycles. The fourth-order valence-corrected chi connectivity index (χ4v) is 1.91. The fraction of sp³-hybridized carbons (Fsp3) is 0.571. The zero-order valence-electron chi connectivity index (χ0n) is 10.3. The quantitative estimate of drug-likeness (QED) is 0.513. The van der Waals surface area contributed by atoms with Gasteiger partial charge in [-0.25, -0.2) is 0 Å². The Balaban J connectivity index is 2.85. The second-order valence-corrected chi connectivity index (χ2v) is 4.64. The number of terminal acetylenes is 1. The van der Waals surface area contributed by atoms with E-state index in [9.17, 15) is 4.79 Å². The molecule has 0 bridgehead atoms. The summed E-state index contributed by atoms with van der Waals surface area (Å²) in [5.74, 6) is 2.79. The average molecular weight is 217 g/mol. The molecule has 0 radical (unpaired) electrons. The maximum atomic E-state index is 12.3. The molecule has 0 aromatic rings. The summed E-state index contributed by atoms with van der Waals surface area (Å²) in [6.45, 7) is 6.47. The summed E-state index contributed by atoms with van der Waals surface area (Å²) in [7, 11) is 0. The van der Waals surface area contributed by atoms with Crippen molar-refractivity contribution in [2.45, 2.75) is 39.7 Å². The van der Waals surface area contributed by atoms with Crippen LogP contribution >= 0.6 is 0 Å². The first-order valence-corrected chi connectivity index (χ1v) is 5.68. The topological polar surface area (TPSA) is 20.3 Å². The van der Waals surface area contributed by atoms with Gasteiger partial charge in [-0.2, -0.15) is 0 Å². The Morgan fingerprint density at radius 3 is 2.81 bits per heavy atom. The lowest BCUT2D eigenvalue weighted by Gasteiger charge is -2.28. The fourth-order valence-electron chi connectivity index (χ4n) is 1.91. The Kier molecular flexibility index (Phi) is 3.99. The monoisotopic (exact) mass is 217 g/mol. The molecule has 0 aliphatic carbocycles. The summed E-state index contributed by atoms with van der Waals surface area (Å²) in [4.78, 5) is 14.1. The molecule has 0 spiro atoms. The Labute approximate surface area is 98.0 Å². The van der Waals surface area contributed by atoms with Crippen molar-refractivity contribution < 1.29 is 4.79 Å². The summed E-state index contributed by atoms with van der Waals surface area (Å²) >= 11 is 0. The molecular formula is C14H19NO. The van der Waals surface area contributed by atoms with Crippen LogP contribution in [0.1, 0.15) is 33.6 Å². The third-order valence-electron chi connectivity index (χ3n) is 2.87. The number of hydrogen-bond acceptors (Lipinski definition) is 1. The van der Waals surface area contributed by atoms with E-state index in [2.05, 4.69) is 11.7 Å². The van der Waals surface area contributed by atoms with Crippen molar-refractivity contribution in [2.24, 2.45) is 5.41 Å². The third-order valence-corrected chi connectivity index (χ3v) is 2.87. The first kappa shape index (κ1) is 12.6. The number of likely N-dealkylation sites (tertiary alicyclic amines) is 1. The number of rotatable bonds is 2. The van der Waals surface area contributed by atoms with Gasteiger partial charge in [0.2, 0.25) is 5.91 Å².